The summed E-state index contributed by atoms with van der Waals surface area (Å²) in [7, 11) is 0. The van der Waals surface area contributed by atoms with Gasteiger partial charge in [0.1, 0.15) is 0 Å². The number of carbonyl (C=O) groups excluding carboxylic acids is 2. The van der Waals surface area contributed by atoms with Crippen molar-refractivity contribution in [1.82, 2.24) is 5.32 Å². The van der Waals surface area contributed by atoms with Crippen molar-refractivity contribution in [2.75, 3.05) is 0 Å². The normalized spacial score (nSPS) is 12.2. The van der Waals surface area contributed by atoms with E-state index in [0.29, 0.717) is 6.42 Å². The summed E-state index contributed by atoms with van der Waals surface area (Å²) in [5.74, 6) is -1.46. The Morgan fingerprint density at radius 2 is 2.00 bits per heavy atom. The number of aliphatic carboxylic acids is 1. The highest BCUT2D eigenvalue weighted by molar-refractivity contribution is 5.82. The van der Waals surface area contributed by atoms with Crippen molar-refractivity contribution < 1.29 is 14.7 Å². The number of hydrogen-bond acceptors (Lipinski definition) is 3. The molecule has 0 saturated carbocycles. The molecule has 0 aliphatic rings. The van der Waals surface area contributed by atoms with Crippen molar-refractivity contribution >= 4 is 11.9 Å². The second kappa shape index (κ2) is 6.46. The first-order valence-corrected chi connectivity index (χ1v) is 4.58. The molecule has 0 spiro atoms. The number of hydrogen-bond donors (Lipinski definition) is 1. The Bertz CT molecular complexity index is 180. The summed E-state index contributed by atoms with van der Waals surface area (Å²) >= 11 is 0. The molecule has 0 aliphatic heterocycles. The number of carbonyl (C=O) groups is 2. The highest BCUT2D eigenvalue weighted by Gasteiger charge is 2.06. The van der Waals surface area contributed by atoms with Crippen LogP contribution in [0.1, 0.15) is 39.5 Å². The number of amides is 1. The van der Waals surface area contributed by atoms with Crippen LogP contribution >= 0.6 is 0 Å². The Hall–Kier alpha value is -1.06. The number of unbranched alkanes of at least 4 members (excludes halogenated alkanes) is 2. The summed E-state index contributed by atoms with van der Waals surface area (Å²) in [5.41, 5.74) is 0. The third-order valence-corrected chi connectivity index (χ3v) is 1.74. The lowest BCUT2D eigenvalue weighted by Gasteiger charge is -2.14. The quantitative estimate of drug-likeness (QED) is 0.585. The van der Waals surface area contributed by atoms with Gasteiger partial charge in [-0.05, 0) is 13.3 Å². The monoisotopic (exact) mass is 186 g/mol. The molecule has 0 bridgehead atoms. The molecule has 1 amide bonds. The maximum atomic E-state index is 11.0. The molecule has 0 heterocycles. The van der Waals surface area contributed by atoms with Gasteiger partial charge in [0.15, 0.2) is 0 Å². The summed E-state index contributed by atoms with van der Waals surface area (Å²) in [6.45, 7) is 3.44. The molecule has 4 nitrogen and oxygen atoms in total. The standard InChI is InChI=1S/C9H17NO3/c1-3-4-5-6-8(11)10-7(2)9(12)13/h7H,3-6H2,1-2H3,(H,10,11)(H,12,13)/p-1/t7-/m0/s1. The van der Waals surface area contributed by atoms with Crippen molar-refractivity contribution in [2.24, 2.45) is 0 Å². The van der Waals surface area contributed by atoms with Crippen molar-refractivity contribution in [3.05, 3.63) is 0 Å². The van der Waals surface area contributed by atoms with E-state index >= 15 is 0 Å². The van der Waals surface area contributed by atoms with Crippen LogP contribution in [0.25, 0.3) is 0 Å². The number of rotatable bonds is 6. The van der Waals surface area contributed by atoms with Gasteiger partial charge in [0.25, 0.3) is 0 Å². The van der Waals surface area contributed by atoms with E-state index in [-0.39, 0.29) is 5.91 Å². The van der Waals surface area contributed by atoms with Gasteiger partial charge in [-0.2, -0.15) is 0 Å². The van der Waals surface area contributed by atoms with Gasteiger partial charge in [-0.1, -0.05) is 19.8 Å². The van der Waals surface area contributed by atoms with E-state index in [4.69, 9.17) is 0 Å². The Morgan fingerprint density at radius 1 is 1.38 bits per heavy atom. The fraction of sp³-hybridized carbons (Fsp3) is 0.778. The van der Waals surface area contributed by atoms with Crippen LogP contribution in [0.3, 0.4) is 0 Å². The van der Waals surface area contributed by atoms with Gasteiger partial charge in [0.2, 0.25) is 5.91 Å². The summed E-state index contributed by atoms with van der Waals surface area (Å²) in [4.78, 5) is 21.3. The zero-order valence-electron chi connectivity index (χ0n) is 8.13. The second-order valence-corrected chi connectivity index (χ2v) is 3.07. The lowest BCUT2D eigenvalue weighted by Crippen LogP contribution is -2.45. The van der Waals surface area contributed by atoms with Crippen LogP contribution in [0.2, 0.25) is 0 Å². The number of carboxylic acids is 1. The van der Waals surface area contributed by atoms with Gasteiger partial charge < -0.3 is 15.2 Å². The third kappa shape index (κ3) is 6.13. The van der Waals surface area contributed by atoms with Crippen molar-refractivity contribution in [2.45, 2.75) is 45.6 Å². The van der Waals surface area contributed by atoms with Crippen LogP contribution in [-0.4, -0.2) is 17.9 Å². The topological polar surface area (TPSA) is 69.2 Å². The fourth-order valence-electron chi connectivity index (χ4n) is 0.908. The number of nitrogens with one attached hydrogen (secondary N) is 1. The lowest BCUT2D eigenvalue weighted by atomic mass is 10.2. The van der Waals surface area contributed by atoms with Crippen LogP contribution in [0.5, 0.6) is 0 Å². The van der Waals surface area contributed by atoms with Gasteiger partial charge in [-0.25, -0.2) is 0 Å². The van der Waals surface area contributed by atoms with Gasteiger partial charge in [-0.3, -0.25) is 4.79 Å². The van der Waals surface area contributed by atoms with Crippen molar-refractivity contribution in [3.63, 3.8) is 0 Å². The van der Waals surface area contributed by atoms with Crippen molar-refractivity contribution in [1.29, 1.82) is 0 Å². The summed E-state index contributed by atoms with van der Waals surface area (Å²) in [6.07, 6.45) is 3.24. The maximum Gasteiger partial charge on any atom is 0.220 e. The van der Waals surface area contributed by atoms with Gasteiger partial charge in [0.05, 0.1) is 12.0 Å². The highest BCUT2D eigenvalue weighted by Crippen LogP contribution is 1.98. The molecule has 0 radical (unpaired) electrons. The minimum atomic E-state index is -1.25. The molecule has 0 fully saturated rings. The van der Waals surface area contributed by atoms with Gasteiger partial charge in [-0.15, -0.1) is 0 Å². The van der Waals surface area contributed by atoms with Gasteiger partial charge >= 0.3 is 0 Å². The van der Waals surface area contributed by atoms with E-state index in [1.807, 2.05) is 6.92 Å². The van der Waals surface area contributed by atoms with Crippen LogP contribution in [0, 0.1) is 0 Å². The van der Waals surface area contributed by atoms with E-state index < -0.39 is 12.0 Å². The highest BCUT2D eigenvalue weighted by atomic mass is 16.4. The van der Waals surface area contributed by atoms with Crippen LogP contribution < -0.4 is 10.4 Å². The van der Waals surface area contributed by atoms with Crippen LogP contribution in [0.15, 0.2) is 0 Å². The molecular formula is C9H16NO3-. The first-order valence-electron chi connectivity index (χ1n) is 4.58. The molecule has 0 aliphatic carbocycles. The maximum absolute atomic E-state index is 11.0. The minimum Gasteiger partial charge on any atom is -0.548 e. The van der Waals surface area contributed by atoms with Crippen LogP contribution in [-0.2, 0) is 9.59 Å². The Labute approximate surface area is 78.3 Å². The van der Waals surface area contributed by atoms with E-state index in [9.17, 15) is 14.7 Å². The SMILES string of the molecule is CCCCCC(=O)N[C@@H](C)C(=O)[O-]. The molecule has 0 aromatic rings. The fourth-order valence-corrected chi connectivity index (χ4v) is 0.908. The van der Waals surface area contributed by atoms with E-state index in [2.05, 4.69) is 5.32 Å². The summed E-state index contributed by atoms with van der Waals surface area (Å²) in [6, 6.07) is -0.894. The van der Waals surface area contributed by atoms with E-state index in [0.717, 1.165) is 19.3 Å². The zero-order valence-corrected chi connectivity index (χ0v) is 8.13. The molecular weight excluding hydrogens is 170 g/mol. The molecule has 1 atom stereocenters. The summed E-state index contributed by atoms with van der Waals surface area (Å²) in [5, 5.41) is 12.6. The Balaban J connectivity index is 3.56. The minimum absolute atomic E-state index is 0.217. The predicted molar refractivity (Wildman–Crippen MR) is 46.8 cm³/mol. The average molecular weight is 186 g/mol. The largest absolute Gasteiger partial charge is 0.548 e. The van der Waals surface area contributed by atoms with Gasteiger partial charge in [0, 0.05) is 6.42 Å². The molecule has 0 rings (SSSR count). The smallest absolute Gasteiger partial charge is 0.220 e. The Kier molecular flexibility index (Phi) is 5.93. The molecule has 0 unspecified atom stereocenters. The first kappa shape index (κ1) is 11.9. The first-order chi connectivity index (χ1) is 6.07. The predicted octanol–water partition coefficient (Wildman–Crippen LogP) is -0.179. The molecule has 76 valence electrons. The van der Waals surface area contributed by atoms with E-state index in [1.54, 1.807) is 0 Å². The third-order valence-electron chi connectivity index (χ3n) is 1.74. The van der Waals surface area contributed by atoms with Crippen LogP contribution in [0.4, 0.5) is 0 Å². The molecule has 0 saturated heterocycles. The zero-order chi connectivity index (χ0) is 10.3. The molecule has 4 heteroatoms. The lowest BCUT2D eigenvalue weighted by molar-refractivity contribution is -0.307. The molecule has 1 N–H and O–H groups in total. The average Bonchev–Trinajstić information content (AvgIpc) is 2.04. The van der Waals surface area contributed by atoms with E-state index in [1.165, 1.54) is 6.92 Å². The number of carboxylic acid groups (broad SMARTS) is 1. The molecule has 0 aromatic heterocycles. The molecule has 13 heavy (non-hydrogen) atoms. The second-order valence-electron chi connectivity index (χ2n) is 3.07. The molecule has 0 aromatic carbocycles. The summed E-state index contributed by atoms with van der Waals surface area (Å²) < 4.78 is 0. The Morgan fingerprint density at radius 3 is 2.46 bits per heavy atom. The van der Waals surface area contributed by atoms with Crippen molar-refractivity contribution in [3.8, 4) is 0 Å².